The molecule has 0 aliphatic carbocycles. The van der Waals surface area contributed by atoms with Crippen molar-refractivity contribution in [2.75, 3.05) is 20.2 Å². The summed E-state index contributed by atoms with van der Waals surface area (Å²) in [4.78, 5) is 8.82. The Morgan fingerprint density at radius 2 is 2.04 bits per heavy atom. The summed E-state index contributed by atoms with van der Waals surface area (Å²) in [5, 5.41) is 9.72. The zero-order valence-electron chi connectivity index (χ0n) is 14.6. The van der Waals surface area contributed by atoms with Gasteiger partial charge in [-0.3, -0.25) is 4.99 Å². The maximum atomic E-state index is 5.65. The zero-order chi connectivity index (χ0) is 17.2. The number of aromatic nitrogens is 1. The molecule has 2 rings (SSSR count). The number of benzene rings is 1. The number of rotatable bonds is 8. The number of aliphatic imine (C=N–C) groups is 1. The summed E-state index contributed by atoms with van der Waals surface area (Å²) in [5.41, 5.74) is 2.33. The fourth-order valence-corrected chi connectivity index (χ4v) is 2.95. The lowest BCUT2D eigenvalue weighted by atomic mass is 10.2. The van der Waals surface area contributed by atoms with Gasteiger partial charge in [0.05, 0.1) is 25.5 Å². The molecule has 130 valence electrons. The Balaban J connectivity index is 1.63. The predicted octanol–water partition coefficient (Wildman–Crippen LogP) is 3.15. The van der Waals surface area contributed by atoms with E-state index in [-0.39, 0.29) is 0 Å². The van der Waals surface area contributed by atoms with Gasteiger partial charge < -0.3 is 15.4 Å². The first-order valence-corrected chi connectivity index (χ1v) is 9.07. The average molecular weight is 347 g/mol. The molecule has 5 nitrogen and oxygen atoms in total. The number of thiazole rings is 1. The fourth-order valence-electron chi connectivity index (χ4n) is 2.06. The van der Waals surface area contributed by atoms with Crippen LogP contribution in [0.25, 0.3) is 0 Å². The van der Waals surface area contributed by atoms with Crippen molar-refractivity contribution in [3.8, 4) is 0 Å². The lowest BCUT2D eigenvalue weighted by molar-refractivity contribution is 0.125. The van der Waals surface area contributed by atoms with E-state index < -0.39 is 0 Å². The third kappa shape index (κ3) is 6.29. The largest absolute Gasteiger partial charge is 0.375 e. The zero-order valence-corrected chi connectivity index (χ0v) is 15.4. The van der Waals surface area contributed by atoms with Gasteiger partial charge in [-0.1, -0.05) is 44.2 Å². The van der Waals surface area contributed by atoms with Crippen molar-refractivity contribution in [1.29, 1.82) is 0 Å². The molecule has 0 atom stereocenters. The molecule has 2 N–H and O–H groups in total. The molecule has 0 saturated heterocycles. The maximum absolute atomic E-state index is 5.65. The topological polar surface area (TPSA) is 58.5 Å². The van der Waals surface area contributed by atoms with Crippen LogP contribution in [0.2, 0.25) is 0 Å². The first kappa shape index (κ1) is 18.4. The summed E-state index contributed by atoms with van der Waals surface area (Å²) in [6.07, 6.45) is 0. The molecule has 24 heavy (non-hydrogen) atoms. The van der Waals surface area contributed by atoms with Crippen LogP contribution in [0.3, 0.4) is 0 Å². The van der Waals surface area contributed by atoms with E-state index in [2.05, 4.69) is 52.0 Å². The quantitative estimate of drug-likeness (QED) is 0.438. The Kier molecular flexibility index (Phi) is 7.71. The van der Waals surface area contributed by atoms with Gasteiger partial charge in [-0.25, -0.2) is 4.98 Å². The Bertz CT molecular complexity index is 625. The summed E-state index contributed by atoms with van der Waals surface area (Å²) in [6.45, 7) is 6.96. The molecule has 1 aromatic heterocycles. The number of hydrogen-bond acceptors (Lipinski definition) is 4. The highest BCUT2D eigenvalue weighted by atomic mass is 32.1. The minimum atomic E-state index is 0.467. The van der Waals surface area contributed by atoms with E-state index in [1.165, 1.54) is 5.56 Å². The fraction of sp³-hybridized carbons (Fsp3) is 0.444. The van der Waals surface area contributed by atoms with Gasteiger partial charge in [-0.15, -0.1) is 11.3 Å². The number of nitrogens with zero attached hydrogens (tertiary/aromatic N) is 2. The van der Waals surface area contributed by atoms with Crippen LogP contribution >= 0.6 is 11.3 Å². The molecule has 6 heteroatoms. The van der Waals surface area contributed by atoms with Crippen LogP contribution in [0.1, 0.15) is 36.0 Å². The van der Waals surface area contributed by atoms with Gasteiger partial charge in [-0.05, 0) is 11.5 Å². The van der Waals surface area contributed by atoms with Gasteiger partial charge >= 0.3 is 0 Å². The molecule has 1 heterocycles. The number of ether oxygens (including phenoxy) is 1. The van der Waals surface area contributed by atoms with Crippen LogP contribution in [0.5, 0.6) is 0 Å². The second-order valence-electron chi connectivity index (χ2n) is 5.71. The lowest BCUT2D eigenvalue weighted by Gasteiger charge is -2.11. The van der Waals surface area contributed by atoms with E-state index in [1.54, 1.807) is 18.4 Å². The van der Waals surface area contributed by atoms with Crippen LogP contribution in [0.15, 0.2) is 40.7 Å². The van der Waals surface area contributed by atoms with Crippen LogP contribution in [0, 0.1) is 0 Å². The summed E-state index contributed by atoms with van der Waals surface area (Å²) >= 11 is 1.68. The van der Waals surface area contributed by atoms with Crippen molar-refractivity contribution in [2.45, 2.75) is 32.9 Å². The third-order valence-electron chi connectivity index (χ3n) is 3.44. The van der Waals surface area contributed by atoms with Gasteiger partial charge in [0, 0.05) is 19.0 Å². The summed E-state index contributed by atoms with van der Waals surface area (Å²) in [5.74, 6) is 1.23. The highest BCUT2D eigenvalue weighted by Crippen LogP contribution is 2.17. The summed E-state index contributed by atoms with van der Waals surface area (Å²) < 4.78 is 5.65. The lowest BCUT2D eigenvalue weighted by Crippen LogP contribution is -2.38. The molecular weight excluding hydrogens is 320 g/mol. The molecule has 0 aliphatic rings. The van der Waals surface area contributed by atoms with Crippen molar-refractivity contribution >= 4 is 17.3 Å². The van der Waals surface area contributed by atoms with Crippen molar-refractivity contribution < 1.29 is 4.74 Å². The number of nitrogens with one attached hydrogen (secondary N) is 2. The monoisotopic (exact) mass is 346 g/mol. The molecule has 0 saturated carbocycles. The predicted molar refractivity (Wildman–Crippen MR) is 101 cm³/mol. The van der Waals surface area contributed by atoms with Crippen LogP contribution in [0.4, 0.5) is 0 Å². The first-order chi connectivity index (χ1) is 11.7. The highest BCUT2D eigenvalue weighted by molar-refractivity contribution is 7.09. The van der Waals surface area contributed by atoms with Gasteiger partial charge in [0.2, 0.25) is 0 Å². The van der Waals surface area contributed by atoms with Gasteiger partial charge in [0.25, 0.3) is 0 Å². The molecule has 2 aromatic rings. The summed E-state index contributed by atoms with van der Waals surface area (Å²) in [7, 11) is 1.77. The molecule has 0 spiro atoms. The molecule has 0 unspecified atom stereocenters. The Morgan fingerprint density at radius 1 is 1.25 bits per heavy atom. The Labute approximate surface area is 148 Å². The Morgan fingerprint density at radius 3 is 2.71 bits per heavy atom. The molecule has 0 fully saturated rings. The van der Waals surface area contributed by atoms with Gasteiger partial charge in [0.15, 0.2) is 5.96 Å². The second-order valence-corrected chi connectivity index (χ2v) is 6.65. The van der Waals surface area contributed by atoms with E-state index in [0.29, 0.717) is 32.2 Å². The first-order valence-electron chi connectivity index (χ1n) is 8.19. The standard InChI is InChI=1S/C18H26N4OS/c1-14(2)16-13-24-17(22-16)11-21-18(19-3)20-9-10-23-12-15-7-5-4-6-8-15/h4-8,13-14H,9-12H2,1-3H3,(H2,19,20,21). The molecule has 0 radical (unpaired) electrons. The minimum absolute atomic E-state index is 0.467. The molecule has 0 amide bonds. The van der Waals surface area contributed by atoms with E-state index in [9.17, 15) is 0 Å². The normalized spacial score (nSPS) is 11.8. The highest BCUT2D eigenvalue weighted by Gasteiger charge is 2.06. The third-order valence-corrected chi connectivity index (χ3v) is 4.31. The van der Waals surface area contributed by atoms with E-state index in [1.807, 2.05) is 18.2 Å². The second kappa shape index (κ2) is 10.1. The Hall–Kier alpha value is -1.92. The molecule has 0 aliphatic heterocycles. The number of guanidine groups is 1. The van der Waals surface area contributed by atoms with Crippen molar-refractivity contribution in [3.63, 3.8) is 0 Å². The molecule has 0 bridgehead atoms. The average Bonchev–Trinajstić information content (AvgIpc) is 3.07. The van der Waals surface area contributed by atoms with Crippen LogP contribution < -0.4 is 10.6 Å². The van der Waals surface area contributed by atoms with E-state index in [4.69, 9.17) is 4.74 Å². The smallest absolute Gasteiger partial charge is 0.191 e. The van der Waals surface area contributed by atoms with Crippen molar-refractivity contribution in [2.24, 2.45) is 4.99 Å². The van der Waals surface area contributed by atoms with Crippen LogP contribution in [-0.4, -0.2) is 31.1 Å². The minimum Gasteiger partial charge on any atom is -0.375 e. The van der Waals surface area contributed by atoms with Gasteiger partial charge in [-0.2, -0.15) is 0 Å². The molecular formula is C18H26N4OS. The van der Waals surface area contributed by atoms with E-state index >= 15 is 0 Å². The van der Waals surface area contributed by atoms with E-state index in [0.717, 1.165) is 16.7 Å². The summed E-state index contributed by atoms with van der Waals surface area (Å²) in [6, 6.07) is 10.2. The van der Waals surface area contributed by atoms with Gasteiger partial charge in [0.1, 0.15) is 5.01 Å². The van der Waals surface area contributed by atoms with Crippen molar-refractivity contribution in [3.05, 3.63) is 52.0 Å². The number of hydrogen-bond donors (Lipinski definition) is 2. The SMILES string of the molecule is CN=C(NCCOCc1ccccc1)NCc1nc(C(C)C)cs1. The maximum Gasteiger partial charge on any atom is 0.191 e. The van der Waals surface area contributed by atoms with Crippen molar-refractivity contribution in [1.82, 2.24) is 15.6 Å². The van der Waals surface area contributed by atoms with Crippen LogP contribution in [-0.2, 0) is 17.9 Å². The molecule has 1 aromatic carbocycles.